The number of rotatable bonds is 13. The van der Waals surface area contributed by atoms with E-state index in [9.17, 15) is 29.1 Å². The lowest BCUT2D eigenvalue weighted by molar-refractivity contribution is -0.141. The highest BCUT2D eigenvalue weighted by Crippen LogP contribution is 2.68. The van der Waals surface area contributed by atoms with Gasteiger partial charge in [0.2, 0.25) is 11.8 Å². The molecule has 1 saturated heterocycles. The van der Waals surface area contributed by atoms with Gasteiger partial charge in [-0.05, 0) is 85.9 Å². The van der Waals surface area contributed by atoms with Crippen molar-refractivity contribution in [1.82, 2.24) is 9.88 Å². The molecule has 4 aliphatic rings. The second kappa shape index (κ2) is 13.5. The summed E-state index contributed by atoms with van der Waals surface area (Å²) in [5.74, 6) is -1.55. The molecule has 0 radical (unpaired) electrons. The predicted molar refractivity (Wildman–Crippen MR) is 181 cm³/mol. The van der Waals surface area contributed by atoms with Gasteiger partial charge in [-0.3, -0.25) is 28.9 Å². The first-order valence-corrected chi connectivity index (χ1v) is 18.3. The number of ether oxygens (including phenoxy) is 2. The number of thioether (sulfide) groups is 1. The molecule has 0 spiro atoms. The minimum absolute atomic E-state index is 0.00132. The van der Waals surface area contributed by atoms with Crippen LogP contribution < -0.4 is 19.7 Å². The highest BCUT2D eigenvalue weighted by atomic mass is 32.2. The first-order valence-electron chi connectivity index (χ1n) is 16.6. The number of carbonyl (C=O) groups excluding carboxylic acids is 3. The van der Waals surface area contributed by atoms with Crippen LogP contribution in [0.1, 0.15) is 55.4 Å². The van der Waals surface area contributed by atoms with Crippen molar-refractivity contribution in [3.8, 4) is 17.2 Å². The van der Waals surface area contributed by atoms with Crippen LogP contribution in [0.5, 0.6) is 17.2 Å². The first kappa shape index (κ1) is 33.2. The van der Waals surface area contributed by atoms with Crippen molar-refractivity contribution in [3.63, 3.8) is 0 Å². The number of H-pyrrole nitrogens is 1. The molecule has 2 saturated carbocycles. The number of nitrogens with one attached hydrogen (secondary N) is 2. The number of carboxylic acids is 1. The van der Waals surface area contributed by atoms with E-state index in [4.69, 9.17) is 14.6 Å². The number of amides is 3. The number of aromatic nitrogens is 1. The van der Waals surface area contributed by atoms with Crippen LogP contribution in [0.2, 0.25) is 0 Å². The molecule has 12 nitrogen and oxygen atoms in total. The third-order valence-corrected chi connectivity index (χ3v) is 12.8. The molecule has 3 fully saturated rings. The van der Waals surface area contributed by atoms with Crippen LogP contribution in [0.25, 0.3) is 0 Å². The van der Waals surface area contributed by atoms with Crippen LogP contribution in [0.15, 0.2) is 52.3 Å². The molecule has 6 unspecified atom stereocenters. The number of carboxylic acid groups (broad SMARTS) is 1. The molecular weight excluding hydrogens is 671 g/mol. The average molecular weight is 708 g/mol. The van der Waals surface area contributed by atoms with E-state index in [2.05, 4.69) is 10.3 Å². The van der Waals surface area contributed by atoms with Crippen LogP contribution >= 0.6 is 23.1 Å². The fourth-order valence-electron chi connectivity index (χ4n) is 8.39. The van der Waals surface area contributed by atoms with Gasteiger partial charge in [-0.15, -0.1) is 11.8 Å². The van der Waals surface area contributed by atoms with Gasteiger partial charge >= 0.3 is 10.8 Å². The number of likely N-dealkylation sites (tertiary alicyclic amines) is 1. The summed E-state index contributed by atoms with van der Waals surface area (Å²) in [6, 6.07) is 11.7. The summed E-state index contributed by atoms with van der Waals surface area (Å²) < 4.78 is 11.9. The van der Waals surface area contributed by atoms with Crippen molar-refractivity contribution in [2.75, 3.05) is 25.1 Å². The van der Waals surface area contributed by atoms with E-state index in [1.807, 2.05) is 19.1 Å². The van der Waals surface area contributed by atoms with Gasteiger partial charge in [0.15, 0.2) is 18.1 Å². The molecule has 3 aromatic rings. The van der Waals surface area contributed by atoms with Crippen LogP contribution in [0.4, 0.5) is 5.69 Å². The number of fused-ring (bicyclic) bond motifs is 9. The Balaban J connectivity index is 1.13. The Labute approximate surface area is 290 Å². The molecule has 2 aromatic carbocycles. The molecular formula is C35H37N3O9S2. The van der Waals surface area contributed by atoms with Crippen molar-refractivity contribution in [3.05, 3.63) is 62.6 Å². The number of aromatic hydroxyl groups is 1. The Hall–Kier alpha value is -4.30. The SMILES string of the molecule is CCOc1cc([C@H]2c3sc(=O)[nH]c3SC3C4CC(C5C(=O)N(CCCCCC(=O)O)C(=O)C45)C32)ccc1OCC(=O)Nc1ccc(O)cc1. The van der Waals surface area contributed by atoms with Crippen molar-refractivity contribution in [2.24, 2.45) is 29.6 Å². The molecule has 1 aromatic heterocycles. The monoisotopic (exact) mass is 707 g/mol. The number of thiazole rings is 1. The van der Waals surface area contributed by atoms with Gasteiger partial charge in [-0.2, -0.15) is 0 Å². The van der Waals surface area contributed by atoms with Gasteiger partial charge in [-0.25, -0.2) is 0 Å². The summed E-state index contributed by atoms with van der Waals surface area (Å²) in [5.41, 5.74) is 1.43. The lowest BCUT2D eigenvalue weighted by atomic mass is 9.68. The molecule has 2 bridgehead atoms. The maximum Gasteiger partial charge on any atom is 0.305 e. The topological polar surface area (TPSA) is 175 Å². The third kappa shape index (κ3) is 6.20. The zero-order valence-corrected chi connectivity index (χ0v) is 28.4. The molecule has 4 N–H and O–H groups in total. The Morgan fingerprint density at radius 2 is 1.73 bits per heavy atom. The van der Waals surface area contributed by atoms with Gasteiger partial charge in [0.1, 0.15) is 5.75 Å². The Kier molecular flexibility index (Phi) is 9.18. The van der Waals surface area contributed by atoms with Crippen LogP contribution in [-0.4, -0.2) is 68.8 Å². The van der Waals surface area contributed by atoms with Gasteiger partial charge in [-0.1, -0.05) is 23.8 Å². The fourth-order valence-corrected chi connectivity index (χ4v) is 11.3. The molecule has 2 aliphatic heterocycles. The average Bonchev–Trinajstić information content (AvgIpc) is 3.81. The van der Waals surface area contributed by atoms with Crippen LogP contribution in [-0.2, 0) is 19.2 Å². The summed E-state index contributed by atoms with van der Waals surface area (Å²) in [6.45, 7) is 2.25. The summed E-state index contributed by atoms with van der Waals surface area (Å²) in [7, 11) is 0. The zero-order valence-electron chi connectivity index (χ0n) is 26.8. The highest BCUT2D eigenvalue weighted by molar-refractivity contribution is 8.00. The number of hydrogen-bond donors (Lipinski definition) is 4. The van der Waals surface area contributed by atoms with Crippen molar-refractivity contribution in [2.45, 2.75) is 55.2 Å². The highest BCUT2D eigenvalue weighted by Gasteiger charge is 2.69. The molecule has 3 heterocycles. The quantitative estimate of drug-likeness (QED) is 0.111. The third-order valence-electron chi connectivity index (χ3n) is 10.2. The normalized spacial score (nSPS) is 26.3. The Morgan fingerprint density at radius 1 is 0.980 bits per heavy atom. The van der Waals surface area contributed by atoms with Gasteiger partial charge < -0.3 is 30.0 Å². The van der Waals surface area contributed by atoms with Crippen molar-refractivity contribution < 1.29 is 38.9 Å². The van der Waals surface area contributed by atoms with E-state index in [1.165, 1.54) is 28.4 Å². The second-order valence-electron chi connectivity index (χ2n) is 13.0. The molecule has 3 amide bonds. The van der Waals surface area contributed by atoms with Crippen LogP contribution in [0, 0.1) is 29.6 Å². The number of hydrogen-bond acceptors (Lipinski definition) is 10. The number of anilines is 1. The number of unbranched alkanes of at least 4 members (excludes halogenated alkanes) is 2. The van der Waals surface area contributed by atoms with Gasteiger partial charge in [0.05, 0.1) is 23.5 Å². The number of imide groups is 1. The molecule has 7 rings (SSSR count). The van der Waals surface area contributed by atoms with E-state index in [1.54, 1.807) is 30.0 Å². The van der Waals surface area contributed by atoms with Crippen LogP contribution in [0.3, 0.4) is 0 Å². The fraction of sp³-hybridized carbons (Fsp3) is 0.457. The molecule has 2 aliphatic carbocycles. The maximum absolute atomic E-state index is 13.8. The molecule has 49 heavy (non-hydrogen) atoms. The minimum atomic E-state index is -0.853. The summed E-state index contributed by atoms with van der Waals surface area (Å²) >= 11 is 2.80. The van der Waals surface area contributed by atoms with E-state index in [-0.39, 0.29) is 76.2 Å². The zero-order chi connectivity index (χ0) is 34.4. The molecule has 258 valence electrons. The Morgan fingerprint density at radius 3 is 2.47 bits per heavy atom. The number of carbonyl (C=O) groups is 4. The largest absolute Gasteiger partial charge is 0.508 e. The maximum atomic E-state index is 13.8. The summed E-state index contributed by atoms with van der Waals surface area (Å²) in [5, 5.41) is 22.0. The van der Waals surface area contributed by atoms with E-state index in [0.29, 0.717) is 49.6 Å². The predicted octanol–water partition coefficient (Wildman–Crippen LogP) is 4.68. The summed E-state index contributed by atoms with van der Waals surface area (Å²) in [4.78, 5) is 68.9. The van der Waals surface area contributed by atoms with Gasteiger partial charge in [0, 0.05) is 34.7 Å². The second-order valence-corrected chi connectivity index (χ2v) is 15.2. The number of aromatic amines is 1. The number of nitrogens with zero attached hydrogens (tertiary/aromatic N) is 1. The molecule has 14 heteroatoms. The number of phenolic OH excluding ortho intramolecular Hbond substituents is 1. The lowest BCUT2D eigenvalue weighted by Gasteiger charge is -2.43. The number of aliphatic carboxylic acids is 1. The minimum Gasteiger partial charge on any atom is -0.508 e. The van der Waals surface area contributed by atoms with E-state index >= 15 is 0 Å². The summed E-state index contributed by atoms with van der Waals surface area (Å²) in [6.07, 6.45) is 2.56. The van der Waals surface area contributed by atoms with E-state index in [0.717, 1.165) is 21.9 Å². The van der Waals surface area contributed by atoms with Crippen molar-refractivity contribution >= 4 is 52.5 Å². The first-order chi connectivity index (χ1) is 23.6. The Bertz CT molecular complexity index is 1840. The number of phenols is 1. The van der Waals surface area contributed by atoms with Gasteiger partial charge in [0.25, 0.3) is 5.91 Å². The van der Waals surface area contributed by atoms with E-state index < -0.39 is 11.9 Å². The lowest BCUT2D eigenvalue weighted by Crippen LogP contribution is -2.42. The van der Waals surface area contributed by atoms with Crippen molar-refractivity contribution in [1.29, 1.82) is 0 Å². The molecule has 7 atom stereocenters. The smallest absolute Gasteiger partial charge is 0.305 e. The number of benzene rings is 2. The standard InChI is InChI=1S/C35H37N3O9S2/c1-2-46-23-14-17(7-12-22(23)47-16-24(40)36-18-8-10-19(39)11-9-18)26-27-20-15-21(30(27)48-32-31(26)49-35(45)37-32)29-28(20)33(43)38(34(29)44)13-5-3-4-6-25(41)42/h7-12,14,20-21,26-30,39H,2-6,13,15-16H2,1H3,(H,36,40)(H,37,45)(H,41,42)/t20?,21?,26-,27?,28?,29?,30?/m1/s1.